The smallest absolute Gasteiger partial charge is 0.0462 e. The Balaban J connectivity index is 1.25. The van der Waals surface area contributed by atoms with Crippen LogP contribution >= 0.6 is 0 Å². The van der Waals surface area contributed by atoms with Gasteiger partial charge in [0, 0.05) is 17.1 Å². The number of nitrogens with zero attached hydrogens (tertiary/aromatic N) is 1. The van der Waals surface area contributed by atoms with Gasteiger partial charge in [0.05, 0.1) is 0 Å². The van der Waals surface area contributed by atoms with Crippen LogP contribution in [0, 0.1) is 5.41 Å². The second-order valence-corrected chi connectivity index (χ2v) is 10.3. The van der Waals surface area contributed by atoms with Crippen molar-refractivity contribution in [3.63, 3.8) is 0 Å². The molecule has 0 amide bonds. The molecule has 4 aromatic rings. The van der Waals surface area contributed by atoms with Gasteiger partial charge < -0.3 is 4.90 Å². The van der Waals surface area contributed by atoms with Gasteiger partial charge in [0.1, 0.15) is 0 Å². The van der Waals surface area contributed by atoms with Gasteiger partial charge in [-0.3, -0.25) is 0 Å². The molecule has 0 N–H and O–H groups in total. The maximum atomic E-state index is 2.53. The van der Waals surface area contributed by atoms with Gasteiger partial charge in [-0.15, -0.1) is 0 Å². The van der Waals surface area contributed by atoms with E-state index in [-0.39, 0.29) is 0 Å². The van der Waals surface area contributed by atoms with Crippen molar-refractivity contribution in [2.75, 3.05) is 4.90 Å². The zero-order valence-corrected chi connectivity index (χ0v) is 19.0. The Hall–Kier alpha value is -3.32. The number of hydrogen-bond acceptors (Lipinski definition) is 1. The van der Waals surface area contributed by atoms with E-state index in [0.29, 0.717) is 5.41 Å². The summed E-state index contributed by atoms with van der Waals surface area (Å²) in [7, 11) is 0. The van der Waals surface area contributed by atoms with Crippen LogP contribution in [0.25, 0.3) is 11.1 Å². The van der Waals surface area contributed by atoms with Crippen LogP contribution in [0.3, 0.4) is 0 Å². The van der Waals surface area contributed by atoms with Gasteiger partial charge in [0.25, 0.3) is 0 Å². The summed E-state index contributed by atoms with van der Waals surface area (Å²) >= 11 is 0. The molecule has 4 aromatic carbocycles. The second kappa shape index (κ2) is 7.35. The maximum absolute atomic E-state index is 2.53. The van der Waals surface area contributed by atoms with Crippen LogP contribution in [0.15, 0.2) is 103 Å². The van der Waals surface area contributed by atoms with Gasteiger partial charge in [-0.05, 0) is 108 Å². The van der Waals surface area contributed by atoms with Crippen LogP contribution in [-0.4, -0.2) is 0 Å². The van der Waals surface area contributed by atoms with Crippen molar-refractivity contribution < 1.29 is 0 Å². The molecule has 162 valence electrons. The lowest BCUT2D eigenvalue weighted by Gasteiger charge is -2.51. The van der Waals surface area contributed by atoms with Gasteiger partial charge in [-0.25, -0.2) is 0 Å². The van der Waals surface area contributed by atoms with Crippen molar-refractivity contribution in [2.24, 2.45) is 5.41 Å². The molecule has 0 aliphatic heterocycles. The molecule has 2 saturated carbocycles. The summed E-state index contributed by atoms with van der Waals surface area (Å²) in [5.74, 6) is 1.63. The molecule has 1 nitrogen and oxygen atoms in total. The van der Waals surface area contributed by atoms with Crippen LogP contribution in [0.5, 0.6) is 0 Å². The summed E-state index contributed by atoms with van der Waals surface area (Å²) in [6.07, 6.45) is 7.17. The SMILES string of the molecule is c1ccc(N(c2ccccc2)c2ccc(-c3ccc4c(c3)C3CCC35CCC4C5)cc2)cc1. The van der Waals surface area contributed by atoms with Gasteiger partial charge in [0.2, 0.25) is 0 Å². The molecule has 0 saturated heterocycles. The van der Waals surface area contributed by atoms with Crippen LogP contribution in [0.4, 0.5) is 17.1 Å². The van der Waals surface area contributed by atoms with Gasteiger partial charge in [-0.2, -0.15) is 0 Å². The zero-order chi connectivity index (χ0) is 21.8. The Morgan fingerprint density at radius 3 is 1.82 bits per heavy atom. The van der Waals surface area contributed by atoms with Crippen molar-refractivity contribution in [3.8, 4) is 11.1 Å². The van der Waals surface area contributed by atoms with Crippen LogP contribution in [0.1, 0.15) is 55.1 Å². The average Bonchev–Trinajstić information content (AvgIpc) is 3.30. The highest BCUT2D eigenvalue weighted by atomic mass is 15.1. The van der Waals surface area contributed by atoms with E-state index in [9.17, 15) is 0 Å². The molecule has 0 heterocycles. The van der Waals surface area contributed by atoms with Crippen molar-refractivity contribution in [1.82, 2.24) is 0 Å². The van der Waals surface area contributed by atoms with E-state index in [1.807, 2.05) is 0 Å². The Bertz CT molecular complexity index is 1250. The van der Waals surface area contributed by atoms with E-state index in [1.54, 1.807) is 11.1 Å². The molecular weight excluding hydrogens is 398 g/mol. The lowest BCUT2D eigenvalue weighted by atomic mass is 9.53. The van der Waals surface area contributed by atoms with Gasteiger partial charge >= 0.3 is 0 Å². The number of fused-ring (bicyclic) bond motifs is 4. The van der Waals surface area contributed by atoms with E-state index >= 15 is 0 Å². The molecular formula is C32H29N. The van der Waals surface area contributed by atoms with Crippen LogP contribution in [0.2, 0.25) is 0 Å². The zero-order valence-electron chi connectivity index (χ0n) is 19.0. The summed E-state index contributed by atoms with van der Waals surface area (Å²) in [5, 5.41) is 0. The monoisotopic (exact) mass is 427 g/mol. The fraction of sp³-hybridized carbons (Fsp3) is 0.250. The predicted molar refractivity (Wildman–Crippen MR) is 138 cm³/mol. The largest absolute Gasteiger partial charge is 0.311 e. The van der Waals surface area contributed by atoms with E-state index < -0.39 is 0 Å². The standard InChI is InChI=1S/C32H29N/c1-3-7-26(8-4-1)33(27-9-5-2-6-10-27)28-14-11-23(12-15-28)24-13-16-29-25-17-19-32(22-25)20-18-31(32)30(29)21-24/h1-16,21,25,31H,17-20,22H2. The molecule has 1 heteroatoms. The fourth-order valence-electron chi connectivity index (χ4n) is 6.98. The molecule has 2 bridgehead atoms. The van der Waals surface area contributed by atoms with Crippen LogP contribution < -0.4 is 4.90 Å². The molecule has 33 heavy (non-hydrogen) atoms. The molecule has 0 radical (unpaired) electrons. The number of rotatable bonds is 4. The minimum absolute atomic E-state index is 0.659. The molecule has 3 atom stereocenters. The molecule has 7 rings (SSSR count). The van der Waals surface area contributed by atoms with E-state index in [0.717, 1.165) is 11.8 Å². The highest BCUT2D eigenvalue weighted by Gasteiger charge is 2.55. The Morgan fingerprint density at radius 1 is 0.576 bits per heavy atom. The molecule has 3 unspecified atom stereocenters. The number of hydrogen-bond donors (Lipinski definition) is 0. The predicted octanol–water partition coefficient (Wildman–Crippen LogP) is 8.97. The quantitative estimate of drug-likeness (QED) is 0.314. The van der Waals surface area contributed by atoms with Crippen molar-refractivity contribution in [2.45, 2.75) is 43.9 Å². The first-order chi connectivity index (χ1) is 16.3. The summed E-state index contributed by atoms with van der Waals surface area (Å²) in [5.41, 5.74) is 10.2. The fourth-order valence-corrected chi connectivity index (χ4v) is 6.98. The highest BCUT2D eigenvalue weighted by molar-refractivity contribution is 5.78. The van der Waals surface area contributed by atoms with Crippen molar-refractivity contribution in [1.29, 1.82) is 0 Å². The minimum atomic E-state index is 0.659. The van der Waals surface area contributed by atoms with Gasteiger partial charge in [-0.1, -0.05) is 66.7 Å². The third-order valence-electron chi connectivity index (χ3n) is 8.70. The summed E-state index contributed by atoms with van der Waals surface area (Å²) < 4.78 is 0. The number of anilines is 3. The Kier molecular flexibility index (Phi) is 4.27. The minimum Gasteiger partial charge on any atom is -0.311 e. The third kappa shape index (κ3) is 2.99. The second-order valence-electron chi connectivity index (χ2n) is 10.3. The molecule has 0 aromatic heterocycles. The van der Waals surface area contributed by atoms with E-state index in [1.165, 1.54) is 60.3 Å². The number of para-hydroxylation sites is 2. The summed E-state index contributed by atoms with van der Waals surface area (Å²) in [6, 6.07) is 37.7. The highest BCUT2D eigenvalue weighted by Crippen LogP contribution is 2.69. The van der Waals surface area contributed by atoms with Gasteiger partial charge in [0.15, 0.2) is 0 Å². The third-order valence-corrected chi connectivity index (χ3v) is 8.70. The van der Waals surface area contributed by atoms with E-state index in [4.69, 9.17) is 0 Å². The molecule has 2 fully saturated rings. The summed E-state index contributed by atoms with van der Waals surface area (Å²) in [6.45, 7) is 0. The first-order valence-corrected chi connectivity index (χ1v) is 12.5. The normalized spacial score (nSPS) is 24.5. The molecule has 1 spiro atoms. The Labute approximate surface area is 196 Å². The van der Waals surface area contributed by atoms with Crippen LogP contribution in [-0.2, 0) is 0 Å². The number of benzene rings is 4. The lowest BCUT2D eigenvalue weighted by Crippen LogP contribution is -2.38. The maximum Gasteiger partial charge on any atom is 0.0462 e. The van der Waals surface area contributed by atoms with Crippen molar-refractivity contribution >= 4 is 17.1 Å². The summed E-state index contributed by atoms with van der Waals surface area (Å²) in [4.78, 5) is 2.33. The van der Waals surface area contributed by atoms with Crippen molar-refractivity contribution in [3.05, 3.63) is 114 Å². The lowest BCUT2D eigenvalue weighted by molar-refractivity contribution is 0.0879. The first kappa shape index (κ1) is 19.2. The molecule has 3 aliphatic carbocycles. The first-order valence-electron chi connectivity index (χ1n) is 12.5. The Morgan fingerprint density at radius 2 is 1.18 bits per heavy atom. The van der Waals surface area contributed by atoms with E-state index in [2.05, 4.69) is 108 Å². The average molecular weight is 428 g/mol. The topological polar surface area (TPSA) is 3.24 Å². The molecule has 3 aliphatic rings.